The van der Waals surface area contributed by atoms with Crippen LogP contribution in [-0.4, -0.2) is 18.5 Å². The first-order valence-corrected chi connectivity index (χ1v) is 10.1. The number of hydrogen-bond donors (Lipinski definition) is 1. The molecule has 4 nitrogen and oxygen atoms in total. The number of benzene rings is 1. The summed E-state index contributed by atoms with van der Waals surface area (Å²) in [6.07, 6.45) is 5.51. The number of amides is 1. The number of nitrogens with one attached hydrogen (secondary N) is 1. The summed E-state index contributed by atoms with van der Waals surface area (Å²) in [6, 6.07) is 9.73. The van der Waals surface area contributed by atoms with Crippen LogP contribution in [0.3, 0.4) is 0 Å². The normalized spacial score (nSPS) is 14.4. The third-order valence-electron chi connectivity index (χ3n) is 4.91. The highest BCUT2D eigenvalue weighted by Gasteiger charge is 2.19. The molecule has 1 N–H and O–H groups in total. The molecule has 0 spiro atoms. The Kier molecular flexibility index (Phi) is 6.09. The number of carbonyl (C=O) groups excluding carboxylic acids is 2. The zero-order valence-electron chi connectivity index (χ0n) is 15.3. The fourth-order valence-electron chi connectivity index (χ4n) is 3.12. The molecule has 1 aromatic carbocycles. The molecule has 0 aliphatic heterocycles. The van der Waals surface area contributed by atoms with Gasteiger partial charge in [-0.25, -0.2) is 4.79 Å². The molecule has 0 bridgehead atoms. The Bertz CT molecular complexity index is 756. The van der Waals surface area contributed by atoms with Crippen molar-refractivity contribution < 1.29 is 14.3 Å². The van der Waals surface area contributed by atoms with E-state index < -0.39 is 5.97 Å². The second-order valence-corrected chi connectivity index (χ2v) is 7.96. The van der Waals surface area contributed by atoms with E-state index >= 15 is 0 Å². The average molecular weight is 372 g/mol. The monoisotopic (exact) mass is 371 g/mol. The summed E-state index contributed by atoms with van der Waals surface area (Å²) in [5, 5.41) is 2.77. The Labute approximate surface area is 158 Å². The van der Waals surface area contributed by atoms with Crippen molar-refractivity contribution in [2.75, 3.05) is 11.9 Å². The van der Waals surface area contributed by atoms with E-state index in [0.29, 0.717) is 16.5 Å². The molecule has 0 saturated heterocycles. The van der Waals surface area contributed by atoms with Crippen LogP contribution in [-0.2, 0) is 22.4 Å². The van der Waals surface area contributed by atoms with E-state index in [1.807, 2.05) is 30.3 Å². The highest BCUT2D eigenvalue weighted by molar-refractivity contribution is 7.14. The summed E-state index contributed by atoms with van der Waals surface area (Å²) in [4.78, 5) is 26.1. The molecular weight excluding hydrogens is 346 g/mol. The van der Waals surface area contributed by atoms with Gasteiger partial charge in [0.2, 0.25) is 0 Å². The molecule has 1 aliphatic carbocycles. The first-order valence-electron chi connectivity index (χ1n) is 9.25. The van der Waals surface area contributed by atoms with Gasteiger partial charge in [-0.05, 0) is 67.3 Å². The lowest BCUT2D eigenvalue weighted by Crippen LogP contribution is -2.20. The summed E-state index contributed by atoms with van der Waals surface area (Å²) in [5.74, 6) is -0.236. The molecule has 3 rings (SSSR count). The van der Waals surface area contributed by atoms with Gasteiger partial charge < -0.3 is 10.1 Å². The van der Waals surface area contributed by atoms with E-state index in [4.69, 9.17) is 4.74 Å². The van der Waals surface area contributed by atoms with Crippen LogP contribution in [0.15, 0.2) is 30.3 Å². The maximum Gasteiger partial charge on any atom is 0.348 e. The fraction of sp³-hybridized carbons (Fsp3) is 0.429. The maximum absolute atomic E-state index is 12.2. The first-order chi connectivity index (χ1) is 12.6. The molecule has 138 valence electrons. The Morgan fingerprint density at radius 1 is 1.19 bits per heavy atom. The molecule has 5 heteroatoms. The Morgan fingerprint density at radius 3 is 2.62 bits per heavy atom. The van der Waals surface area contributed by atoms with Crippen LogP contribution in [0.2, 0.25) is 0 Å². The van der Waals surface area contributed by atoms with Gasteiger partial charge in [-0.1, -0.05) is 26.0 Å². The maximum atomic E-state index is 12.2. The average Bonchev–Trinajstić information content (AvgIpc) is 3.10. The minimum Gasteiger partial charge on any atom is -0.451 e. The summed E-state index contributed by atoms with van der Waals surface area (Å²) in [6.45, 7) is 4.06. The van der Waals surface area contributed by atoms with Gasteiger partial charge >= 0.3 is 5.97 Å². The summed E-state index contributed by atoms with van der Waals surface area (Å²) < 4.78 is 5.18. The number of aryl methyl sites for hydroxylation is 2. The van der Waals surface area contributed by atoms with Crippen molar-refractivity contribution in [3.05, 3.63) is 51.2 Å². The van der Waals surface area contributed by atoms with Crippen molar-refractivity contribution in [3.8, 4) is 0 Å². The molecule has 1 amide bonds. The third kappa shape index (κ3) is 4.52. The van der Waals surface area contributed by atoms with Crippen molar-refractivity contribution in [2.24, 2.45) is 0 Å². The van der Waals surface area contributed by atoms with Gasteiger partial charge in [0.25, 0.3) is 5.91 Å². The molecule has 1 aliphatic rings. The van der Waals surface area contributed by atoms with Crippen LogP contribution < -0.4 is 5.32 Å². The zero-order valence-corrected chi connectivity index (χ0v) is 16.2. The first kappa shape index (κ1) is 18.6. The smallest absolute Gasteiger partial charge is 0.348 e. The van der Waals surface area contributed by atoms with Crippen molar-refractivity contribution in [2.45, 2.75) is 51.9 Å². The number of carbonyl (C=O) groups is 2. The van der Waals surface area contributed by atoms with Gasteiger partial charge in [-0.2, -0.15) is 0 Å². The van der Waals surface area contributed by atoms with Gasteiger partial charge in [0.1, 0.15) is 4.88 Å². The Hall–Kier alpha value is -2.14. The molecule has 1 aromatic heterocycles. The van der Waals surface area contributed by atoms with Gasteiger partial charge in [-0.15, -0.1) is 11.3 Å². The van der Waals surface area contributed by atoms with Crippen LogP contribution in [0, 0.1) is 0 Å². The van der Waals surface area contributed by atoms with Crippen molar-refractivity contribution in [3.63, 3.8) is 0 Å². The van der Waals surface area contributed by atoms with E-state index in [1.54, 1.807) is 0 Å². The lowest BCUT2D eigenvalue weighted by molar-refractivity contribution is -0.119. The van der Waals surface area contributed by atoms with E-state index in [1.165, 1.54) is 40.2 Å². The van der Waals surface area contributed by atoms with E-state index in [-0.39, 0.29) is 12.5 Å². The summed E-state index contributed by atoms with van der Waals surface area (Å²) in [7, 11) is 0. The molecule has 2 aromatic rings. The predicted octanol–water partition coefficient (Wildman–Crippen LogP) is 4.94. The lowest BCUT2D eigenvalue weighted by Gasteiger charge is -2.10. The molecule has 0 fully saturated rings. The topological polar surface area (TPSA) is 55.4 Å². The second kappa shape index (κ2) is 8.49. The molecule has 0 radical (unpaired) electrons. The highest BCUT2D eigenvalue weighted by atomic mass is 32.1. The van der Waals surface area contributed by atoms with Crippen molar-refractivity contribution in [1.82, 2.24) is 0 Å². The van der Waals surface area contributed by atoms with E-state index in [0.717, 1.165) is 19.3 Å². The molecular formula is C21H25NO3S. The summed E-state index contributed by atoms with van der Waals surface area (Å²) in [5.41, 5.74) is 3.22. The summed E-state index contributed by atoms with van der Waals surface area (Å²) >= 11 is 1.50. The van der Waals surface area contributed by atoms with Crippen molar-refractivity contribution in [1.29, 1.82) is 0 Å². The quantitative estimate of drug-likeness (QED) is 0.732. The largest absolute Gasteiger partial charge is 0.451 e. The molecule has 26 heavy (non-hydrogen) atoms. The van der Waals surface area contributed by atoms with Crippen molar-refractivity contribution >= 4 is 28.9 Å². The molecule has 1 heterocycles. The number of ether oxygens (including phenoxy) is 1. The SMILES string of the molecule is CC[C@@H](C)c1ccc(NC(=O)COC(=O)c2cc3c(s2)CCCC3)cc1. The lowest BCUT2D eigenvalue weighted by atomic mass is 9.99. The predicted molar refractivity (Wildman–Crippen MR) is 105 cm³/mol. The second-order valence-electron chi connectivity index (χ2n) is 6.82. The Morgan fingerprint density at radius 2 is 1.92 bits per heavy atom. The fourth-order valence-corrected chi connectivity index (χ4v) is 4.27. The highest BCUT2D eigenvalue weighted by Crippen LogP contribution is 2.30. The Balaban J connectivity index is 1.50. The number of hydrogen-bond acceptors (Lipinski definition) is 4. The van der Waals surface area contributed by atoms with Crippen LogP contribution in [0.1, 0.15) is 64.7 Å². The van der Waals surface area contributed by atoms with Crippen LogP contribution in [0.25, 0.3) is 0 Å². The zero-order chi connectivity index (χ0) is 18.5. The van der Waals surface area contributed by atoms with E-state index in [2.05, 4.69) is 19.2 Å². The number of thiophene rings is 1. The number of esters is 1. The van der Waals surface area contributed by atoms with Crippen LogP contribution in [0.5, 0.6) is 0 Å². The third-order valence-corrected chi connectivity index (χ3v) is 6.13. The van der Waals surface area contributed by atoms with Gasteiger partial charge in [0.15, 0.2) is 6.61 Å². The number of rotatable bonds is 6. The minimum atomic E-state index is -0.410. The number of fused-ring (bicyclic) bond motifs is 1. The van der Waals surface area contributed by atoms with Gasteiger partial charge in [0.05, 0.1) is 0 Å². The molecule has 0 saturated carbocycles. The van der Waals surface area contributed by atoms with Gasteiger partial charge in [-0.3, -0.25) is 4.79 Å². The standard InChI is InChI=1S/C21H25NO3S/c1-3-14(2)15-8-10-17(11-9-15)22-20(23)13-25-21(24)19-12-16-6-4-5-7-18(16)26-19/h8-12,14H,3-7,13H2,1-2H3,(H,22,23)/t14-/m1/s1. The number of anilines is 1. The van der Waals surface area contributed by atoms with Gasteiger partial charge in [0, 0.05) is 10.6 Å². The van der Waals surface area contributed by atoms with Crippen LogP contribution in [0.4, 0.5) is 5.69 Å². The minimum absolute atomic E-state index is 0.269. The van der Waals surface area contributed by atoms with Crippen LogP contribution >= 0.6 is 11.3 Å². The molecule has 0 unspecified atom stereocenters. The molecule has 1 atom stereocenters. The van der Waals surface area contributed by atoms with E-state index in [9.17, 15) is 9.59 Å².